The van der Waals surface area contributed by atoms with Crippen LogP contribution < -0.4 is 16.4 Å². The molecule has 1 aromatic heterocycles. The number of rotatable bonds is 3. The summed E-state index contributed by atoms with van der Waals surface area (Å²) >= 11 is 0. The molecule has 0 unspecified atom stereocenters. The fourth-order valence-corrected chi connectivity index (χ4v) is 3.18. The zero-order valence-corrected chi connectivity index (χ0v) is 15.1. The SMILES string of the molecule is Cn1nc(N)c2c(-c3ccc(NC(=O)Nc4cccc(F)c4)cc3)cccc21. The molecule has 3 aromatic carbocycles. The largest absolute Gasteiger partial charge is 0.382 e. The summed E-state index contributed by atoms with van der Waals surface area (Å²) in [5.74, 6) is 0.0655. The molecule has 6 nitrogen and oxygen atoms in total. The van der Waals surface area contributed by atoms with Gasteiger partial charge in [0.25, 0.3) is 0 Å². The molecule has 0 aliphatic rings. The van der Waals surface area contributed by atoms with E-state index in [-0.39, 0.29) is 0 Å². The number of hydrogen-bond donors (Lipinski definition) is 3. The number of aryl methyl sites for hydroxylation is 1. The summed E-state index contributed by atoms with van der Waals surface area (Å²) in [6.07, 6.45) is 0. The van der Waals surface area contributed by atoms with Gasteiger partial charge in [0.2, 0.25) is 0 Å². The number of halogens is 1. The van der Waals surface area contributed by atoms with Crippen molar-refractivity contribution in [2.75, 3.05) is 16.4 Å². The first-order chi connectivity index (χ1) is 13.5. The number of hydrogen-bond acceptors (Lipinski definition) is 3. The molecule has 0 aliphatic carbocycles. The van der Waals surface area contributed by atoms with Gasteiger partial charge in [0.05, 0.1) is 10.9 Å². The summed E-state index contributed by atoms with van der Waals surface area (Å²) in [6.45, 7) is 0. The van der Waals surface area contributed by atoms with E-state index < -0.39 is 11.8 Å². The summed E-state index contributed by atoms with van der Waals surface area (Å²) < 4.78 is 15.0. The number of nitrogens with one attached hydrogen (secondary N) is 2. The van der Waals surface area contributed by atoms with Crippen LogP contribution in [-0.2, 0) is 7.05 Å². The highest BCUT2D eigenvalue weighted by atomic mass is 19.1. The first kappa shape index (κ1) is 17.5. The van der Waals surface area contributed by atoms with Crippen molar-refractivity contribution in [1.29, 1.82) is 0 Å². The number of benzene rings is 3. The predicted molar refractivity (Wildman–Crippen MR) is 110 cm³/mol. The van der Waals surface area contributed by atoms with Gasteiger partial charge >= 0.3 is 6.03 Å². The van der Waals surface area contributed by atoms with E-state index in [1.54, 1.807) is 22.9 Å². The number of nitrogens with zero attached hydrogens (tertiary/aromatic N) is 2. The van der Waals surface area contributed by atoms with Gasteiger partial charge in [-0.2, -0.15) is 5.10 Å². The van der Waals surface area contributed by atoms with Crippen molar-refractivity contribution in [1.82, 2.24) is 9.78 Å². The van der Waals surface area contributed by atoms with Gasteiger partial charge in [0, 0.05) is 18.4 Å². The van der Waals surface area contributed by atoms with Crippen molar-refractivity contribution in [2.45, 2.75) is 0 Å². The Morgan fingerprint density at radius 3 is 2.46 bits per heavy atom. The second kappa shape index (κ2) is 7.03. The Kier molecular flexibility index (Phi) is 4.41. The van der Waals surface area contributed by atoms with Gasteiger partial charge in [0.15, 0.2) is 5.82 Å². The third-order valence-corrected chi connectivity index (χ3v) is 4.44. The Morgan fingerprint density at radius 1 is 1.00 bits per heavy atom. The maximum absolute atomic E-state index is 13.2. The lowest BCUT2D eigenvalue weighted by Gasteiger charge is -2.09. The second-order valence-corrected chi connectivity index (χ2v) is 6.38. The molecule has 0 saturated heterocycles. The monoisotopic (exact) mass is 375 g/mol. The van der Waals surface area contributed by atoms with Crippen molar-refractivity contribution in [2.24, 2.45) is 7.05 Å². The molecule has 0 spiro atoms. The fraction of sp³-hybridized carbons (Fsp3) is 0.0476. The molecule has 0 saturated carbocycles. The van der Waals surface area contributed by atoms with E-state index in [0.717, 1.165) is 22.0 Å². The highest BCUT2D eigenvalue weighted by Crippen LogP contribution is 2.32. The number of fused-ring (bicyclic) bond motifs is 1. The van der Waals surface area contributed by atoms with Gasteiger partial charge < -0.3 is 16.4 Å². The standard InChI is InChI=1S/C21H18FN5O/c1-27-18-7-3-6-17(19(18)20(23)26-27)13-8-10-15(11-9-13)24-21(28)25-16-5-2-4-14(22)12-16/h2-12H,1H3,(H2,23,26)(H2,24,25,28). The van der Waals surface area contributed by atoms with Gasteiger partial charge in [-0.3, -0.25) is 4.68 Å². The number of nitrogens with two attached hydrogens (primary N) is 1. The Morgan fingerprint density at radius 2 is 1.71 bits per heavy atom. The highest BCUT2D eigenvalue weighted by Gasteiger charge is 2.12. The van der Waals surface area contributed by atoms with Crippen molar-refractivity contribution >= 4 is 34.1 Å². The van der Waals surface area contributed by atoms with Gasteiger partial charge in [-0.15, -0.1) is 0 Å². The fourth-order valence-electron chi connectivity index (χ4n) is 3.18. The van der Waals surface area contributed by atoms with E-state index in [4.69, 9.17) is 5.73 Å². The third kappa shape index (κ3) is 3.37. The minimum Gasteiger partial charge on any atom is -0.382 e. The van der Waals surface area contributed by atoms with Crippen molar-refractivity contribution in [3.8, 4) is 11.1 Å². The number of amides is 2. The molecule has 0 fully saturated rings. The van der Waals surface area contributed by atoms with Gasteiger partial charge in [-0.05, 0) is 47.5 Å². The van der Waals surface area contributed by atoms with Gasteiger partial charge in [0.1, 0.15) is 5.82 Å². The second-order valence-electron chi connectivity index (χ2n) is 6.38. The van der Waals surface area contributed by atoms with Crippen molar-refractivity contribution in [3.63, 3.8) is 0 Å². The minimum absolute atomic E-state index is 0.382. The number of carbonyl (C=O) groups excluding carboxylic acids is 1. The molecule has 1 heterocycles. The van der Waals surface area contributed by atoms with E-state index in [2.05, 4.69) is 15.7 Å². The molecule has 2 amide bonds. The Balaban J connectivity index is 1.54. The summed E-state index contributed by atoms with van der Waals surface area (Å²) in [4.78, 5) is 12.1. The number of carbonyl (C=O) groups is 1. The Hall–Kier alpha value is -3.87. The summed E-state index contributed by atoms with van der Waals surface area (Å²) in [7, 11) is 1.85. The third-order valence-electron chi connectivity index (χ3n) is 4.44. The lowest BCUT2D eigenvalue weighted by molar-refractivity contribution is 0.262. The van der Waals surface area contributed by atoms with Crippen LogP contribution in [0.15, 0.2) is 66.7 Å². The maximum Gasteiger partial charge on any atom is 0.323 e. The molecule has 140 valence electrons. The van der Waals surface area contributed by atoms with E-state index in [1.807, 2.05) is 37.4 Å². The molecule has 7 heteroatoms. The van der Waals surface area contributed by atoms with Crippen molar-refractivity contribution in [3.05, 3.63) is 72.5 Å². The summed E-state index contributed by atoms with van der Waals surface area (Å²) in [5, 5.41) is 10.5. The molecule has 0 radical (unpaired) electrons. The van der Waals surface area contributed by atoms with Crippen LogP contribution in [0.4, 0.5) is 26.4 Å². The molecule has 0 atom stereocenters. The van der Waals surface area contributed by atoms with E-state index >= 15 is 0 Å². The van der Waals surface area contributed by atoms with Crippen LogP contribution in [0.1, 0.15) is 0 Å². The van der Waals surface area contributed by atoms with Gasteiger partial charge in [-0.1, -0.05) is 30.3 Å². The molecular weight excluding hydrogens is 357 g/mol. The minimum atomic E-state index is -0.447. The Labute approximate surface area is 160 Å². The van der Waals surface area contributed by atoms with Crippen LogP contribution in [0.5, 0.6) is 0 Å². The van der Waals surface area contributed by atoms with Crippen LogP contribution in [0.25, 0.3) is 22.0 Å². The number of nitrogen functional groups attached to an aromatic ring is 1. The van der Waals surface area contributed by atoms with Gasteiger partial charge in [-0.25, -0.2) is 9.18 Å². The lowest BCUT2D eigenvalue weighted by Crippen LogP contribution is -2.19. The smallest absolute Gasteiger partial charge is 0.323 e. The molecule has 0 bridgehead atoms. The lowest BCUT2D eigenvalue weighted by atomic mass is 10.0. The zero-order chi connectivity index (χ0) is 19.7. The van der Waals surface area contributed by atoms with E-state index in [0.29, 0.717) is 17.2 Å². The average molecular weight is 375 g/mol. The zero-order valence-electron chi connectivity index (χ0n) is 15.1. The van der Waals surface area contributed by atoms with E-state index in [1.165, 1.54) is 18.2 Å². The van der Waals surface area contributed by atoms with Crippen LogP contribution >= 0.6 is 0 Å². The highest BCUT2D eigenvalue weighted by molar-refractivity contribution is 6.03. The summed E-state index contributed by atoms with van der Waals surface area (Å²) in [5.41, 5.74) is 9.95. The molecular formula is C21H18FN5O. The van der Waals surface area contributed by atoms with Crippen LogP contribution in [0.2, 0.25) is 0 Å². The molecule has 0 aliphatic heterocycles. The number of anilines is 3. The number of urea groups is 1. The quantitative estimate of drug-likeness (QED) is 0.489. The first-order valence-corrected chi connectivity index (χ1v) is 8.66. The molecule has 4 rings (SSSR count). The van der Waals surface area contributed by atoms with Crippen LogP contribution in [0.3, 0.4) is 0 Å². The van der Waals surface area contributed by atoms with Crippen LogP contribution in [-0.4, -0.2) is 15.8 Å². The molecule has 4 N–H and O–H groups in total. The topological polar surface area (TPSA) is 85.0 Å². The summed E-state index contributed by atoms with van der Waals surface area (Å²) in [6, 6.07) is 18.6. The average Bonchev–Trinajstić information content (AvgIpc) is 2.96. The predicted octanol–water partition coefficient (Wildman–Crippen LogP) is 4.61. The molecule has 4 aromatic rings. The van der Waals surface area contributed by atoms with Crippen molar-refractivity contribution < 1.29 is 9.18 Å². The van der Waals surface area contributed by atoms with E-state index in [9.17, 15) is 9.18 Å². The number of aromatic nitrogens is 2. The van der Waals surface area contributed by atoms with Crippen LogP contribution in [0, 0.1) is 5.82 Å². The maximum atomic E-state index is 13.2. The Bertz CT molecular complexity index is 1170. The normalized spacial score (nSPS) is 10.8. The molecule has 28 heavy (non-hydrogen) atoms. The first-order valence-electron chi connectivity index (χ1n) is 8.66.